The molecule has 1 saturated heterocycles. The molecule has 104 valence electrons. The van der Waals surface area contributed by atoms with Crippen LogP contribution in [0, 0.1) is 10.1 Å². The van der Waals surface area contributed by atoms with Crippen molar-refractivity contribution in [1.82, 2.24) is 5.32 Å². The molecule has 1 aromatic rings. The Morgan fingerprint density at radius 1 is 1.47 bits per heavy atom. The molecule has 0 saturated carbocycles. The Bertz CT molecular complexity index is 486. The number of benzene rings is 1. The van der Waals surface area contributed by atoms with Crippen LogP contribution in [0.3, 0.4) is 0 Å². The van der Waals surface area contributed by atoms with Crippen LogP contribution in [0.1, 0.15) is 18.4 Å². The minimum absolute atomic E-state index is 0. The van der Waals surface area contributed by atoms with Crippen molar-refractivity contribution in [2.75, 3.05) is 6.54 Å². The molecule has 1 atom stereocenters. The van der Waals surface area contributed by atoms with Crippen LogP contribution in [0.4, 0.5) is 5.69 Å². The van der Waals surface area contributed by atoms with Crippen molar-refractivity contribution in [3.05, 3.63) is 39.9 Å². The quantitative estimate of drug-likeness (QED) is 0.650. The number of carboxylic acids is 1. The zero-order valence-corrected chi connectivity index (χ0v) is 11.0. The topological polar surface area (TPSA) is 92.5 Å². The highest BCUT2D eigenvalue weighted by Crippen LogP contribution is 2.28. The summed E-state index contributed by atoms with van der Waals surface area (Å²) in [7, 11) is 0. The lowest BCUT2D eigenvalue weighted by Gasteiger charge is -2.24. The lowest BCUT2D eigenvalue weighted by Crippen LogP contribution is -2.49. The predicted octanol–water partition coefficient (Wildman–Crippen LogP) is 1.77. The first kappa shape index (κ1) is 15.4. The molecule has 0 spiro atoms. The SMILES string of the molecule is Cl.O=C(O)[C@]1(Cc2ccccc2[N+](=O)[O-])CCCN1. The lowest BCUT2D eigenvalue weighted by molar-refractivity contribution is -0.385. The van der Waals surface area contributed by atoms with E-state index in [1.54, 1.807) is 18.2 Å². The third-order valence-corrected chi connectivity index (χ3v) is 3.33. The summed E-state index contributed by atoms with van der Waals surface area (Å²) < 4.78 is 0. The van der Waals surface area contributed by atoms with Crippen LogP contribution in [0.5, 0.6) is 0 Å². The Morgan fingerprint density at radius 2 is 2.16 bits per heavy atom. The maximum atomic E-state index is 11.4. The standard InChI is InChI=1S/C12H14N2O4.ClH/c15-11(16)12(6-3-7-13-12)8-9-4-1-2-5-10(9)14(17)18;/h1-2,4-5,13H,3,6-8H2,(H,15,16);1H/t12-;/m1./s1. The Labute approximate surface area is 116 Å². The van der Waals surface area contributed by atoms with E-state index in [-0.39, 0.29) is 24.5 Å². The minimum Gasteiger partial charge on any atom is -0.480 e. The van der Waals surface area contributed by atoms with Crippen LogP contribution >= 0.6 is 12.4 Å². The van der Waals surface area contributed by atoms with E-state index in [2.05, 4.69) is 5.32 Å². The summed E-state index contributed by atoms with van der Waals surface area (Å²) in [5, 5.41) is 23.2. The molecular weight excluding hydrogens is 272 g/mol. The Balaban J connectivity index is 0.00000180. The van der Waals surface area contributed by atoms with Gasteiger partial charge in [-0.1, -0.05) is 18.2 Å². The molecule has 2 N–H and O–H groups in total. The number of hydrogen-bond donors (Lipinski definition) is 2. The van der Waals surface area contributed by atoms with E-state index in [0.29, 0.717) is 18.5 Å². The molecule has 19 heavy (non-hydrogen) atoms. The van der Waals surface area contributed by atoms with Crippen molar-refractivity contribution in [2.45, 2.75) is 24.8 Å². The second-order valence-corrected chi connectivity index (χ2v) is 4.48. The summed E-state index contributed by atoms with van der Waals surface area (Å²) in [6, 6.07) is 6.28. The van der Waals surface area contributed by atoms with Gasteiger partial charge in [0.2, 0.25) is 0 Å². The number of nitro benzene ring substituents is 1. The third-order valence-electron chi connectivity index (χ3n) is 3.33. The fraction of sp³-hybridized carbons (Fsp3) is 0.417. The van der Waals surface area contributed by atoms with Gasteiger partial charge in [-0.05, 0) is 19.4 Å². The smallest absolute Gasteiger partial charge is 0.324 e. The molecule has 0 radical (unpaired) electrons. The van der Waals surface area contributed by atoms with Gasteiger partial charge in [-0.3, -0.25) is 14.9 Å². The van der Waals surface area contributed by atoms with E-state index in [0.717, 1.165) is 6.42 Å². The molecule has 1 fully saturated rings. The normalized spacial score (nSPS) is 21.7. The van der Waals surface area contributed by atoms with E-state index in [9.17, 15) is 20.0 Å². The number of rotatable bonds is 4. The molecule has 0 unspecified atom stereocenters. The van der Waals surface area contributed by atoms with Crippen molar-refractivity contribution >= 4 is 24.1 Å². The van der Waals surface area contributed by atoms with Crippen molar-refractivity contribution in [1.29, 1.82) is 0 Å². The maximum Gasteiger partial charge on any atom is 0.324 e. The molecule has 1 heterocycles. The molecule has 0 aliphatic carbocycles. The third kappa shape index (κ3) is 3.02. The molecule has 0 aromatic heterocycles. The number of nitro groups is 1. The first-order valence-electron chi connectivity index (χ1n) is 5.76. The second kappa shape index (κ2) is 5.99. The van der Waals surface area contributed by atoms with Gasteiger partial charge in [0.25, 0.3) is 5.69 Å². The summed E-state index contributed by atoms with van der Waals surface area (Å²) in [5.74, 6) is -0.946. The monoisotopic (exact) mass is 286 g/mol. The van der Waals surface area contributed by atoms with Crippen molar-refractivity contribution < 1.29 is 14.8 Å². The summed E-state index contributed by atoms with van der Waals surface area (Å²) in [6.45, 7) is 0.632. The zero-order valence-electron chi connectivity index (χ0n) is 10.2. The van der Waals surface area contributed by atoms with Crippen LogP contribution in [0.25, 0.3) is 0 Å². The van der Waals surface area contributed by atoms with Crippen molar-refractivity contribution in [2.24, 2.45) is 0 Å². The van der Waals surface area contributed by atoms with Gasteiger partial charge in [-0.25, -0.2) is 0 Å². The molecule has 0 amide bonds. The molecule has 6 nitrogen and oxygen atoms in total. The molecule has 0 bridgehead atoms. The number of carbonyl (C=O) groups is 1. The molecule has 1 aliphatic heterocycles. The van der Waals surface area contributed by atoms with E-state index in [1.807, 2.05) is 0 Å². The highest BCUT2D eigenvalue weighted by molar-refractivity contribution is 5.85. The summed E-state index contributed by atoms with van der Waals surface area (Å²) in [5.41, 5.74) is -0.627. The fourth-order valence-electron chi connectivity index (χ4n) is 2.38. The average molecular weight is 287 g/mol. The number of halogens is 1. The number of carboxylic acid groups (broad SMARTS) is 1. The van der Waals surface area contributed by atoms with Crippen LogP contribution in [-0.2, 0) is 11.2 Å². The van der Waals surface area contributed by atoms with Crippen molar-refractivity contribution in [3.8, 4) is 0 Å². The van der Waals surface area contributed by atoms with E-state index >= 15 is 0 Å². The Morgan fingerprint density at radius 3 is 2.68 bits per heavy atom. The van der Waals surface area contributed by atoms with E-state index in [1.165, 1.54) is 6.07 Å². The Kier molecular flexibility index (Phi) is 4.85. The maximum absolute atomic E-state index is 11.4. The average Bonchev–Trinajstić information content (AvgIpc) is 2.79. The highest BCUT2D eigenvalue weighted by Gasteiger charge is 2.42. The molecule has 1 aromatic carbocycles. The predicted molar refractivity (Wildman–Crippen MR) is 71.7 cm³/mol. The number of aliphatic carboxylic acids is 1. The van der Waals surface area contributed by atoms with E-state index < -0.39 is 16.4 Å². The summed E-state index contributed by atoms with van der Waals surface area (Å²) >= 11 is 0. The van der Waals surface area contributed by atoms with Crippen LogP contribution in [0.2, 0.25) is 0 Å². The number of para-hydroxylation sites is 1. The Hall–Kier alpha value is -1.66. The lowest BCUT2D eigenvalue weighted by atomic mass is 9.89. The fourth-order valence-corrected chi connectivity index (χ4v) is 2.38. The van der Waals surface area contributed by atoms with Gasteiger partial charge in [0, 0.05) is 18.1 Å². The van der Waals surface area contributed by atoms with E-state index in [4.69, 9.17) is 0 Å². The van der Waals surface area contributed by atoms with Crippen LogP contribution < -0.4 is 5.32 Å². The molecule has 7 heteroatoms. The van der Waals surface area contributed by atoms with Gasteiger partial charge in [0.05, 0.1) is 4.92 Å². The highest BCUT2D eigenvalue weighted by atomic mass is 35.5. The first-order chi connectivity index (χ1) is 8.55. The van der Waals surface area contributed by atoms with Gasteiger partial charge in [-0.2, -0.15) is 0 Å². The van der Waals surface area contributed by atoms with Gasteiger partial charge in [-0.15, -0.1) is 12.4 Å². The van der Waals surface area contributed by atoms with Crippen LogP contribution in [0.15, 0.2) is 24.3 Å². The van der Waals surface area contributed by atoms with Gasteiger partial charge in [0.1, 0.15) is 5.54 Å². The zero-order chi connectivity index (χ0) is 13.2. The summed E-state index contributed by atoms with van der Waals surface area (Å²) in [6.07, 6.45) is 1.40. The molecule has 1 aliphatic rings. The largest absolute Gasteiger partial charge is 0.480 e. The molecular formula is C12H15ClN2O4. The van der Waals surface area contributed by atoms with Gasteiger partial charge < -0.3 is 10.4 Å². The number of nitrogens with zero attached hydrogens (tertiary/aromatic N) is 1. The van der Waals surface area contributed by atoms with Crippen molar-refractivity contribution in [3.63, 3.8) is 0 Å². The van der Waals surface area contributed by atoms with Gasteiger partial charge in [0.15, 0.2) is 0 Å². The minimum atomic E-state index is -1.06. The molecule has 2 rings (SSSR count). The first-order valence-corrected chi connectivity index (χ1v) is 5.76. The number of nitrogens with one attached hydrogen (secondary N) is 1. The number of hydrogen-bond acceptors (Lipinski definition) is 4. The second-order valence-electron chi connectivity index (χ2n) is 4.48. The van der Waals surface area contributed by atoms with Gasteiger partial charge >= 0.3 is 5.97 Å². The summed E-state index contributed by atoms with van der Waals surface area (Å²) in [4.78, 5) is 21.8. The van der Waals surface area contributed by atoms with Crippen LogP contribution in [-0.4, -0.2) is 28.1 Å².